The van der Waals surface area contributed by atoms with Crippen LogP contribution in [0, 0.1) is 5.41 Å². The average Bonchev–Trinajstić information content (AvgIpc) is 2.72. The van der Waals surface area contributed by atoms with Crippen molar-refractivity contribution in [2.75, 3.05) is 23.3 Å². The van der Waals surface area contributed by atoms with Crippen LogP contribution in [0.25, 0.3) is 0 Å². The van der Waals surface area contributed by atoms with Gasteiger partial charge in [-0.15, -0.1) is 11.3 Å². The lowest BCUT2D eigenvalue weighted by molar-refractivity contribution is 0.100. The number of nitrogen functional groups attached to an aromatic ring is 1. The number of nitrogens with one attached hydrogen (secondary N) is 1. The van der Waals surface area contributed by atoms with Gasteiger partial charge in [-0.25, -0.2) is 8.42 Å². The van der Waals surface area contributed by atoms with Crippen molar-refractivity contribution in [3.8, 4) is 0 Å². The van der Waals surface area contributed by atoms with Crippen LogP contribution in [-0.2, 0) is 9.84 Å². The second kappa shape index (κ2) is 5.49. The first-order valence-electron chi connectivity index (χ1n) is 6.89. The number of hydrogen-bond donors (Lipinski definition) is 3. The molecule has 6 nitrogen and oxygen atoms in total. The molecular weight excluding hydrogens is 310 g/mol. The van der Waals surface area contributed by atoms with Crippen molar-refractivity contribution >= 4 is 37.8 Å². The predicted octanol–water partition coefficient (Wildman–Crippen LogP) is 1.82. The van der Waals surface area contributed by atoms with Crippen LogP contribution in [0.2, 0.25) is 0 Å². The zero-order valence-corrected chi connectivity index (χ0v) is 13.9. The minimum absolute atomic E-state index is 0.0201. The molecule has 2 rings (SSSR count). The minimum Gasteiger partial charge on any atom is -0.396 e. The number of anilines is 2. The second-order valence-electron chi connectivity index (χ2n) is 5.79. The molecule has 1 aromatic rings. The van der Waals surface area contributed by atoms with Crippen LogP contribution >= 0.6 is 11.3 Å². The third-order valence-corrected chi connectivity index (χ3v) is 7.16. The Bertz CT molecular complexity index is 660. The monoisotopic (exact) mass is 331 g/mol. The maximum atomic E-state index is 12.2. The van der Waals surface area contributed by atoms with Crippen LogP contribution in [0.4, 0.5) is 10.7 Å². The zero-order valence-electron chi connectivity index (χ0n) is 12.2. The molecular formula is C13H21N3O3S2. The molecule has 1 fully saturated rings. The first kappa shape index (κ1) is 16.1. The molecule has 0 bridgehead atoms. The van der Waals surface area contributed by atoms with Crippen LogP contribution in [0.5, 0.6) is 0 Å². The lowest BCUT2D eigenvalue weighted by Crippen LogP contribution is -2.33. The van der Waals surface area contributed by atoms with Gasteiger partial charge in [-0.05, 0) is 18.3 Å². The van der Waals surface area contributed by atoms with E-state index in [9.17, 15) is 13.2 Å². The van der Waals surface area contributed by atoms with Crippen molar-refractivity contribution in [1.29, 1.82) is 0 Å². The molecule has 1 saturated carbocycles. The molecule has 1 aliphatic carbocycles. The van der Waals surface area contributed by atoms with Crippen molar-refractivity contribution in [2.24, 2.45) is 11.1 Å². The number of carbonyl (C=O) groups is 1. The maximum Gasteiger partial charge on any atom is 0.261 e. The summed E-state index contributed by atoms with van der Waals surface area (Å²) in [5.41, 5.74) is 11.3. The highest BCUT2D eigenvalue weighted by Gasteiger charge is 2.33. The molecule has 0 aromatic carbocycles. The van der Waals surface area contributed by atoms with E-state index in [1.54, 1.807) is 6.92 Å². The first-order chi connectivity index (χ1) is 9.70. The molecule has 118 valence electrons. The van der Waals surface area contributed by atoms with Crippen molar-refractivity contribution in [1.82, 2.24) is 0 Å². The van der Waals surface area contributed by atoms with Gasteiger partial charge in [-0.2, -0.15) is 0 Å². The van der Waals surface area contributed by atoms with Crippen LogP contribution in [0.3, 0.4) is 0 Å². The summed E-state index contributed by atoms with van der Waals surface area (Å²) in [5.74, 6) is -0.772. The maximum absolute atomic E-state index is 12.2. The molecule has 5 N–H and O–H groups in total. The Balaban J connectivity index is 2.39. The molecule has 1 aliphatic rings. The predicted molar refractivity (Wildman–Crippen MR) is 85.4 cm³/mol. The van der Waals surface area contributed by atoms with E-state index in [1.807, 2.05) is 0 Å². The Morgan fingerprint density at radius 3 is 2.48 bits per heavy atom. The fourth-order valence-corrected chi connectivity index (χ4v) is 4.95. The molecule has 0 atom stereocenters. The van der Waals surface area contributed by atoms with Crippen LogP contribution in [0.15, 0.2) is 4.90 Å². The van der Waals surface area contributed by atoms with E-state index >= 15 is 0 Å². The standard InChI is InChI=1S/C13H21N3O3S2/c1-3-21(18,19)10-8(14)9(11(15)17)20-12(10)16-7-13(2)5-4-6-13/h16H,3-7,14H2,1-2H3,(H2,15,17). The largest absolute Gasteiger partial charge is 0.396 e. The van der Waals surface area contributed by atoms with Gasteiger partial charge in [0, 0.05) is 6.54 Å². The van der Waals surface area contributed by atoms with E-state index in [-0.39, 0.29) is 26.6 Å². The number of sulfone groups is 1. The van der Waals surface area contributed by atoms with Crippen LogP contribution < -0.4 is 16.8 Å². The number of primary amides is 1. The van der Waals surface area contributed by atoms with Gasteiger partial charge in [0.1, 0.15) is 14.8 Å². The first-order valence-corrected chi connectivity index (χ1v) is 9.36. The molecule has 0 saturated heterocycles. The van der Waals surface area contributed by atoms with E-state index in [2.05, 4.69) is 12.2 Å². The smallest absolute Gasteiger partial charge is 0.261 e. The summed E-state index contributed by atoms with van der Waals surface area (Å²) in [6.45, 7) is 4.37. The molecule has 0 spiro atoms. The lowest BCUT2D eigenvalue weighted by Gasteiger charge is -2.38. The molecule has 1 amide bonds. The number of amides is 1. The van der Waals surface area contributed by atoms with Gasteiger partial charge in [-0.1, -0.05) is 20.3 Å². The van der Waals surface area contributed by atoms with Gasteiger partial charge in [-0.3, -0.25) is 4.79 Å². The Morgan fingerprint density at radius 1 is 1.43 bits per heavy atom. The SMILES string of the molecule is CCS(=O)(=O)c1c(NCC2(C)CCC2)sc(C(N)=O)c1N. The summed E-state index contributed by atoms with van der Waals surface area (Å²) < 4.78 is 24.4. The Morgan fingerprint density at radius 2 is 2.05 bits per heavy atom. The summed E-state index contributed by atoms with van der Waals surface area (Å²) >= 11 is 1.02. The van der Waals surface area contributed by atoms with E-state index in [1.165, 1.54) is 6.42 Å². The number of nitrogens with two attached hydrogens (primary N) is 2. The normalized spacial score (nSPS) is 17.2. The van der Waals surface area contributed by atoms with Crippen molar-refractivity contribution in [3.63, 3.8) is 0 Å². The lowest BCUT2D eigenvalue weighted by atomic mass is 9.70. The third-order valence-electron chi connectivity index (χ3n) is 4.05. The van der Waals surface area contributed by atoms with Gasteiger partial charge >= 0.3 is 0 Å². The Kier molecular flexibility index (Phi) is 4.21. The highest BCUT2D eigenvalue weighted by molar-refractivity contribution is 7.91. The summed E-state index contributed by atoms with van der Waals surface area (Å²) in [4.78, 5) is 11.5. The van der Waals surface area contributed by atoms with Gasteiger partial charge < -0.3 is 16.8 Å². The van der Waals surface area contributed by atoms with E-state index in [0.717, 1.165) is 24.2 Å². The summed E-state index contributed by atoms with van der Waals surface area (Å²) in [6.07, 6.45) is 3.41. The van der Waals surface area contributed by atoms with Gasteiger partial charge in [0.05, 0.1) is 11.4 Å². The third kappa shape index (κ3) is 3.01. The number of thiophene rings is 1. The Labute approximate surface area is 128 Å². The topological polar surface area (TPSA) is 115 Å². The van der Waals surface area contributed by atoms with E-state index in [0.29, 0.717) is 11.5 Å². The molecule has 0 aliphatic heterocycles. The quantitative estimate of drug-likeness (QED) is 0.735. The van der Waals surface area contributed by atoms with E-state index in [4.69, 9.17) is 11.5 Å². The van der Waals surface area contributed by atoms with Gasteiger partial charge in [0.25, 0.3) is 5.91 Å². The van der Waals surface area contributed by atoms with Gasteiger partial charge in [0.15, 0.2) is 9.84 Å². The average molecular weight is 331 g/mol. The van der Waals surface area contributed by atoms with Crippen molar-refractivity contribution < 1.29 is 13.2 Å². The molecule has 1 heterocycles. The number of hydrogen-bond acceptors (Lipinski definition) is 6. The second-order valence-corrected chi connectivity index (χ2v) is 9.02. The number of carbonyl (C=O) groups excluding carboxylic acids is 1. The molecule has 8 heteroatoms. The minimum atomic E-state index is -3.51. The zero-order chi connectivity index (χ0) is 15.8. The van der Waals surface area contributed by atoms with Crippen molar-refractivity contribution in [2.45, 2.75) is 38.0 Å². The molecule has 1 aromatic heterocycles. The molecule has 0 radical (unpaired) electrons. The fourth-order valence-electron chi connectivity index (χ4n) is 2.43. The highest BCUT2D eigenvalue weighted by Crippen LogP contribution is 2.43. The highest BCUT2D eigenvalue weighted by atomic mass is 32.2. The summed E-state index contributed by atoms with van der Waals surface area (Å²) in [7, 11) is -3.51. The fraction of sp³-hybridized carbons (Fsp3) is 0.615. The van der Waals surface area contributed by atoms with Gasteiger partial charge in [0.2, 0.25) is 0 Å². The van der Waals surface area contributed by atoms with Crippen LogP contribution in [0.1, 0.15) is 42.8 Å². The van der Waals surface area contributed by atoms with Crippen molar-refractivity contribution in [3.05, 3.63) is 4.88 Å². The molecule has 0 unspecified atom stereocenters. The Hall–Kier alpha value is -1.28. The summed E-state index contributed by atoms with van der Waals surface area (Å²) in [6, 6.07) is 0. The molecule has 21 heavy (non-hydrogen) atoms. The summed E-state index contributed by atoms with van der Waals surface area (Å²) in [5, 5.41) is 3.59. The number of rotatable bonds is 6. The van der Waals surface area contributed by atoms with E-state index < -0.39 is 15.7 Å². The van der Waals surface area contributed by atoms with Crippen LogP contribution in [-0.4, -0.2) is 26.6 Å².